The van der Waals surface area contributed by atoms with Crippen LogP contribution in [0, 0.1) is 0 Å². The van der Waals surface area contributed by atoms with Crippen LogP contribution in [-0.4, -0.2) is 24.6 Å². The lowest BCUT2D eigenvalue weighted by molar-refractivity contribution is -0.116. The van der Waals surface area contributed by atoms with Gasteiger partial charge in [0, 0.05) is 23.9 Å². The van der Waals surface area contributed by atoms with Crippen LogP contribution < -0.4 is 4.90 Å². The molecule has 0 aromatic heterocycles. The zero-order valence-corrected chi connectivity index (χ0v) is 12.9. The summed E-state index contributed by atoms with van der Waals surface area (Å²) in [6.07, 6.45) is 0. The van der Waals surface area contributed by atoms with Gasteiger partial charge in [-0.25, -0.2) is 0 Å². The Kier molecular flexibility index (Phi) is 4.99. The molecule has 2 aromatic carbocycles. The van der Waals surface area contributed by atoms with Crippen LogP contribution >= 0.6 is 23.2 Å². The summed E-state index contributed by atoms with van der Waals surface area (Å²) in [5.74, 6) is -0.563. The molecule has 0 radical (unpaired) electrons. The fraction of sp³-hybridized carbons (Fsp3) is 0.125. The van der Waals surface area contributed by atoms with Crippen LogP contribution in [0.3, 0.4) is 0 Å². The summed E-state index contributed by atoms with van der Waals surface area (Å²) >= 11 is 11.7. The molecule has 0 N–H and O–H groups in total. The van der Waals surface area contributed by atoms with Crippen LogP contribution in [0.25, 0.3) is 0 Å². The summed E-state index contributed by atoms with van der Waals surface area (Å²) < 4.78 is 0. The number of amides is 1. The molecule has 21 heavy (non-hydrogen) atoms. The van der Waals surface area contributed by atoms with E-state index >= 15 is 0 Å². The van der Waals surface area contributed by atoms with E-state index in [1.807, 2.05) is 6.07 Å². The van der Waals surface area contributed by atoms with E-state index in [1.54, 1.807) is 49.5 Å². The standard InChI is InChI=1S/C16H13Cl2NO2/c1-19(15(20)10-17)12-7-8-14(18)13(9-12)16(21)11-5-3-2-4-6-11/h2-9H,10H2,1H3. The quantitative estimate of drug-likeness (QED) is 0.635. The molecule has 1 amide bonds. The van der Waals surface area contributed by atoms with Gasteiger partial charge in [0.05, 0.1) is 5.02 Å². The third-order valence-electron chi connectivity index (χ3n) is 3.11. The zero-order valence-electron chi connectivity index (χ0n) is 11.3. The number of carbonyl (C=O) groups is 2. The van der Waals surface area contributed by atoms with E-state index in [9.17, 15) is 9.59 Å². The third kappa shape index (κ3) is 3.43. The molecule has 2 aromatic rings. The van der Waals surface area contributed by atoms with Crippen molar-refractivity contribution in [2.24, 2.45) is 0 Å². The number of hydrogen-bond donors (Lipinski definition) is 0. The minimum atomic E-state index is -0.253. The predicted molar refractivity (Wildman–Crippen MR) is 85.5 cm³/mol. The van der Waals surface area contributed by atoms with Crippen molar-refractivity contribution < 1.29 is 9.59 Å². The van der Waals surface area contributed by atoms with Gasteiger partial charge in [-0.05, 0) is 18.2 Å². The highest BCUT2D eigenvalue weighted by atomic mass is 35.5. The van der Waals surface area contributed by atoms with Crippen molar-refractivity contribution in [3.8, 4) is 0 Å². The van der Waals surface area contributed by atoms with Crippen LogP contribution in [-0.2, 0) is 4.79 Å². The van der Waals surface area contributed by atoms with Crippen LogP contribution in [0.15, 0.2) is 48.5 Å². The Labute approximate surface area is 133 Å². The summed E-state index contributed by atoms with van der Waals surface area (Å²) in [5, 5.41) is 0.347. The highest BCUT2D eigenvalue weighted by Gasteiger charge is 2.16. The van der Waals surface area contributed by atoms with Gasteiger partial charge in [0.15, 0.2) is 5.78 Å². The fourth-order valence-electron chi connectivity index (χ4n) is 1.87. The van der Waals surface area contributed by atoms with E-state index in [0.29, 0.717) is 21.8 Å². The average Bonchev–Trinajstić information content (AvgIpc) is 2.54. The van der Waals surface area contributed by atoms with Gasteiger partial charge in [-0.2, -0.15) is 0 Å². The van der Waals surface area contributed by atoms with E-state index < -0.39 is 0 Å². The highest BCUT2D eigenvalue weighted by molar-refractivity contribution is 6.35. The van der Waals surface area contributed by atoms with Crippen molar-refractivity contribution in [3.63, 3.8) is 0 Å². The molecule has 0 saturated carbocycles. The van der Waals surface area contributed by atoms with Gasteiger partial charge in [-0.1, -0.05) is 41.9 Å². The number of rotatable bonds is 4. The molecule has 0 heterocycles. The van der Waals surface area contributed by atoms with Gasteiger partial charge in [0.1, 0.15) is 5.88 Å². The molecule has 0 bridgehead atoms. The van der Waals surface area contributed by atoms with Crippen molar-refractivity contribution >= 4 is 40.6 Å². The fourth-order valence-corrected chi connectivity index (χ4v) is 2.26. The number of alkyl halides is 1. The summed E-state index contributed by atoms with van der Waals surface area (Å²) in [6, 6.07) is 13.7. The lowest BCUT2D eigenvalue weighted by Crippen LogP contribution is -2.27. The van der Waals surface area contributed by atoms with E-state index in [2.05, 4.69) is 0 Å². The molecule has 3 nitrogen and oxygen atoms in total. The number of carbonyl (C=O) groups excluding carboxylic acids is 2. The van der Waals surface area contributed by atoms with Crippen LogP contribution in [0.2, 0.25) is 5.02 Å². The van der Waals surface area contributed by atoms with Gasteiger partial charge in [-0.15, -0.1) is 11.6 Å². The van der Waals surface area contributed by atoms with E-state index in [1.165, 1.54) is 4.90 Å². The third-order valence-corrected chi connectivity index (χ3v) is 3.66. The normalized spacial score (nSPS) is 10.2. The maximum Gasteiger partial charge on any atom is 0.241 e. The second kappa shape index (κ2) is 6.74. The summed E-state index contributed by atoms with van der Waals surface area (Å²) in [7, 11) is 1.60. The lowest BCUT2D eigenvalue weighted by Gasteiger charge is -2.17. The van der Waals surface area contributed by atoms with E-state index in [0.717, 1.165) is 0 Å². The molecule has 0 aliphatic rings. The first-order chi connectivity index (χ1) is 10.0. The Morgan fingerprint density at radius 2 is 1.76 bits per heavy atom. The van der Waals surface area contributed by atoms with Crippen molar-refractivity contribution in [1.29, 1.82) is 0 Å². The second-order valence-electron chi connectivity index (χ2n) is 4.45. The monoisotopic (exact) mass is 321 g/mol. The van der Waals surface area contributed by atoms with Gasteiger partial charge in [0.25, 0.3) is 0 Å². The first-order valence-electron chi connectivity index (χ1n) is 6.26. The van der Waals surface area contributed by atoms with Crippen molar-refractivity contribution in [2.45, 2.75) is 0 Å². The Bertz CT molecular complexity index is 671. The van der Waals surface area contributed by atoms with Crippen molar-refractivity contribution in [2.75, 3.05) is 17.8 Å². The van der Waals surface area contributed by atoms with Crippen LogP contribution in [0.4, 0.5) is 5.69 Å². The van der Waals surface area contributed by atoms with E-state index in [-0.39, 0.29) is 17.6 Å². The molecule has 2 rings (SSSR count). The summed E-state index contributed by atoms with van der Waals surface area (Å²) in [5.41, 5.74) is 1.47. The number of hydrogen-bond acceptors (Lipinski definition) is 2. The van der Waals surface area contributed by atoms with E-state index in [4.69, 9.17) is 23.2 Å². The van der Waals surface area contributed by atoms with Crippen LogP contribution in [0.5, 0.6) is 0 Å². The highest BCUT2D eigenvalue weighted by Crippen LogP contribution is 2.25. The number of benzene rings is 2. The molecular formula is C16H13Cl2NO2. The smallest absolute Gasteiger partial charge is 0.241 e. The maximum absolute atomic E-state index is 12.5. The second-order valence-corrected chi connectivity index (χ2v) is 5.12. The Morgan fingerprint density at radius 3 is 2.38 bits per heavy atom. The van der Waals surface area contributed by atoms with Crippen LogP contribution in [0.1, 0.15) is 15.9 Å². The Morgan fingerprint density at radius 1 is 1.10 bits per heavy atom. The molecule has 0 aliphatic heterocycles. The molecule has 0 spiro atoms. The predicted octanol–water partition coefficient (Wildman–Crippen LogP) is 3.77. The number of halogens is 2. The molecule has 0 saturated heterocycles. The topological polar surface area (TPSA) is 37.4 Å². The van der Waals surface area contributed by atoms with Crippen molar-refractivity contribution in [3.05, 3.63) is 64.7 Å². The molecule has 0 fully saturated rings. The molecule has 0 aliphatic carbocycles. The first-order valence-corrected chi connectivity index (χ1v) is 7.17. The van der Waals surface area contributed by atoms with Gasteiger partial charge >= 0.3 is 0 Å². The largest absolute Gasteiger partial charge is 0.314 e. The lowest BCUT2D eigenvalue weighted by atomic mass is 10.0. The zero-order chi connectivity index (χ0) is 15.4. The minimum absolute atomic E-state index is 0.124. The molecule has 0 atom stereocenters. The van der Waals surface area contributed by atoms with Gasteiger partial charge < -0.3 is 4.90 Å². The maximum atomic E-state index is 12.5. The molecule has 5 heteroatoms. The summed E-state index contributed by atoms with van der Waals surface area (Å²) in [6.45, 7) is 0. The number of ketones is 1. The summed E-state index contributed by atoms with van der Waals surface area (Å²) in [4.78, 5) is 25.5. The Hall–Kier alpha value is -1.84. The molecule has 108 valence electrons. The van der Waals surface area contributed by atoms with Gasteiger partial charge in [-0.3, -0.25) is 9.59 Å². The van der Waals surface area contributed by atoms with Crippen molar-refractivity contribution in [1.82, 2.24) is 0 Å². The first kappa shape index (κ1) is 15.5. The average molecular weight is 322 g/mol. The molecule has 0 unspecified atom stereocenters. The number of anilines is 1. The molecular weight excluding hydrogens is 309 g/mol. The Balaban J connectivity index is 2.40. The SMILES string of the molecule is CN(C(=O)CCl)c1ccc(Cl)c(C(=O)c2ccccc2)c1. The minimum Gasteiger partial charge on any atom is -0.314 e. The number of nitrogens with zero attached hydrogens (tertiary/aromatic N) is 1. The van der Waals surface area contributed by atoms with Gasteiger partial charge in [0.2, 0.25) is 5.91 Å².